The maximum Gasteiger partial charge on any atom is 0.339 e. The summed E-state index contributed by atoms with van der Waals surface area (Å²) in [5.74, 6) is 1.03. The predicted octanol–water partition coefficient (Wildman–Crippen LogP) is 2.91. The van der Waals surface area contributed by atoms with Gasteiger partial charge in [0.15, 0.2) is 0 Å². The zero-order chi connectivity index (χ0) is 13.3. The Labute approximate surface area is 108 Å². The van der Waals surface area contributed by atoms with Crippen molar-refractivity contribution in [2.45, 2.75) is 46.2 Å². The van der Waals surface area contributed by atoms with E-state index in [1.54, 1.807) is 13.0 Å². The van der Waals surface area contributed by atoms with Gasteiger partial charge in [0.2, 0.25) is 0 Å². The average molecular weight is 251 g/mol. The summed E-state index contributed by atoms with van der Waals surface area (Å²) < 4.78 is 5.54. The molecule has 0 saturated carbocycles. The summed E-state index contributed by atoms with van der Waals surface area (Å²) in [5, 5.41) is 9.01. The number of aromatic carboxylic acids is 1. The number of carboxylic acids is 1. The number of nitrogens with zero attached hydrogens (tertiary/aromatic N) is 1. The van der Waals surface area contributed by atoms with Crippen LogP contribution in [0.1, 0.15) is 48.6 Å². The SMILES string of the molecule is Cc1oc(CN2CCCC(C)C2C)cc1C(=O)O. The minimum absolute atomic E-state index is 0.280. The lowest BCUT2D eigenvalue weighted by Gasteiger charge is -2.37. The third kappa shape index (κ3) is 2.58. The van der Waals surface area contributed by atoms with Crippen molar-refractivity contribution in [3.05, 3.63) is 23.2 Å². The van der Waals surface area contributed by atoms with Gasteiger partial charge in [0.25, 0.3) is 0 Å². The lowest BCUT2D eigenvalue weighted by molar-refractivity contribution is 0.0695. The third-order valence-corrected chi connectivity index (χ3v) is 4.06. The van der Waals surface area contributed by atoms with Crippen LogP contribution in [0.15, 0.2) is 10.5 Å². The van der Waals surface area contributed by atoms with E-state index in [2.05, 4.69) is 18.7 Å². The van der Waals surface area contributed by atoms with Gasteiger partial charge in [0.05, 0.1) is 6.54 Å². The fraction of sp³-hybridized carbons (Fsp3) is 0.643. The number of carbonyl (C=O) groups is 1. The normalized spacial score (nSPS) is 25.3. The monoisotopic (exact) mass is 251 g/mol. The fourth-order valence-electron chi connectivity index (χ4n) is 2.68. The molecule has 2 heterocycles. The van der Waals surface area contributed by atoms with E-state index in [1.807, 2.05) is 0 Å². The Morgan fingerprint density at radius 3 is 2.89 bits per heavy atom. The van der Waals surface area contributed by atoms with E-state index in [0.717, 1.165) is 12.3 Å². The summed E-state index contributed by atoms with van der Waals surface area (Å²) >= 11 is 0. The third-order valence-electron chi connectivity index (χ3n) is 4.06. The van der Waals surface area contributed by atoms with Crippen molar-refractivity contribution in [3.8, 4) is 0 Å². The zero-order valence-electron chi connectivity index (χ0n) is 11.3. The van der Waals surface area contributed by atoms with Gasteiger partial charge in [-0.1, -0.05) is 6.92 Å². The first-order valence-electron chi connectivity index (χ1n) is 6.55. The van der Waals surface area contributed by atoms with E-state index in [9.17, 15) is 4.79 Å². The number of hydrogen-bond donors (Lipinski definition) is 1. The van der Waals surface area contributed by atoms with Crippen LogP contribution in [0, 0.1) is 12.8 Å². The van der Waals surface area contributed by atoms with Crippen molar-refractivity contribution in [1.29, 1.82) is 0 Å². The largest absolute Gasteiger partial charge is 0.478 e. The van der Waals surface area contributed by atoms with Crippen LogP contribution in [0.5, 0.6) is 0 Å². The first kappa shape index (κ1) is 13.1. The summed E-state index contributed by atoms with van der Waals surface area (Å²) in [5.41, 5.74) is 0.280. The molecule has 2 rings (SSSR count). The molecule has 0 aromatic carbocycles. The van der Waals surface area contributed by atoms with Crippen molar-refractivity contribution >= 4 is 5.97 Å². The van der Waals surface area contributed by atoms with Crippen molar-refractivity contribution < 1.29 is 14.3 Å². The molecular weight excluding hydrogens is 230 g/mol. The lowest BCUT2D eigenvalue weighted by Crippen LogP contribution is -2.41. The molecule has 0 aliphatic carbocycles. The zero-order valence-corrected chi connectivity index (χ0v) is 11.3. The Bertz CT molecular complexity index is 438. The number of aryl methyl sites for hydroxylation is 1. The predicted molar refractivity (Wildman–Crippen MR) is 68.7 cm³/mol. The highest BCUT2D eigenvalue weighted by Gasteiger charge is 2.26. The Kier molecular flexibility index (Phi) is 3.76. The number of carboxylic acid groups (broad SMARTS) is 1. The molecule has 18 heavy (non-hydrogen) atoms. The molecule has 1 aromatic rings. The van der Waals surface area contributed by atoms with Crippen LogP contribution in [-0.4, -0.2) is 28.6 Å². The highest BCUT2D eigenvalue weighted by Crippen LogP contribution is 2.25. The van der Waals surface area contributed by atoms with Crippen LogP contribution in [0.4, 0.5) is 0 Å². The van der Waals surface area contributed by atoms with E-state index in [-0.39, 0.29) is 5.56 Å². The molecule has 1 N–H and O–H groups in total. The molecule has 1 fully saturated rings. The maximum atomic E-state index is 11.0. The smallest absolute Gasteiger partial charge is 0.339 e. The number of likely N-dealkylation sites (tertiary alicyclic amines) is 1. The van der Waals surface area contributed by atoms with E-state index >= 15 is 0 Å². The van der Waals surface area contributed by atoms with Crippen LogP contribution < -0.4 is 0 Å². The van der Waals surface area contributed by atoms with Crippen LogP contribution >= 0.6 is 0 Å². The van der Waals surface area contributed by atoms with Gasteiger partial charge in [-0.15, -0.1) is 0 Å². The second-order valence-corrected chi connectivity index (χ2v) is 5.32. The first-order valence-corrected chi connectivity index (χ1v) is 6.55. The standard InChI is InChI=1S/C14H21NO3/c1-9-5-4-6-15(10(9)2)8-12-7-13(14(16)17)11(3)18-12/h7,9-10H,4-6,8H2,1-3H3,(H,16,17). The first-order chi connectivity index (χ1) is 8.49. The van der Waals surface area contributed by atoms with Crippen molar-refractivity contribution in [2.24, 2.45) is 5.92 Å². The van der Waals surface area contributed by atoms with Crippen molar-refractivity contribution in [1.82, 2.24) is 4.90 Å². The molecule has 100 valence electrons. The van der Waals surface area contributed by atoms with Gasteiger partial charge in [-0.25, -0.2) is 4.79 Å². The second-order valence-electron chi connectivity index (χ2n) is 5.32. The minimum Gasteiger partial charge on any atom is -0.478 e. The van der Waals surface area contributed by atoms with Crippen LogP contribution in [-0.2, 0) is 6.54 Å². The van der Waals surface area contributed by atoms with Gasteiger partial charge in [-0.3, -0.25) is 4.90 Å². The number of rotatable bonds is 3. The Morgan fingerprint density at radius 1 is 1.56 bits per heavy atom. The van der Waals surface area contributed by atoms with E-state index in [0.29, 0.717) is 24.3 Å². The van der Waals surface area contributed by atoms with Gasteiger partial charge in [0, 0.05) is 6.04 Å². The van der Waals surface area contributed by atoms with Gasteiger partial charge >= 0.3 is 5.97 Å². The van der Waals surface area contributed by atoms with Crippen LogP contribution in [0.2, 0.25) is 0 Å². The molecule has 2 unspecified atom stereocenters. The highest BCUT2D eigenvalue weighted by molar-refractivity contribution is 5.88. The molecule has 1 aliphatic rings. The molecule has 2 atom stereocenters. The maximum absolute atomic E-state index is 11.0. The van der Waals surface area contributed by atoms with Crippen molar-refractivity contribution in [3.63, 3.8) is 0 Å². The minimum atomic E-state index is -0.914. The van der Waals surface area contributed by atoms with Crippen LogP contribution in [0.3, 0.4) is 0 Å². The molecule has 4 heteroatoms. The van der Waals surface area contributed by atoms with Gasteiger partial charge in [-0.2, -0.15) is 0 Å². The van der Waals surface area contributed by atoms with Gasteiger partial charge in [-0.05, 0) is 45.2 Å². The average Bonchev–Trinajstić information content (AvgIpc) is 2.66. The molecule has 1 aromatic heterocycles. The van der Waals surface area contributed by atoms with Crippen LogP contribution in [0.25, 0.3) is 0 Å². The number of hydrogen-bond acceptors (Lipinski definition) is 3. The highest BCUT2D eigenvalue weighted by atomic mass is 16.4. The molecule has 1 saturated heterocycles. The summed E-state index contributed by atoms with van der Waals surface area (Å²) in [6.07, 6.45) is 2.48. The molecule has 1 aliphatic heterocycles. The Hall–Kier alpha value is -1.29. The van der Waals surface area contributed by atoms with Gasteiger partial charge < -0.3 is 9.52 Å². The quantitative estimate of drug-likeness (QED) is 0.897. The fourth-order valence-corrected chi connectivity index (χ4v) is 2.68. The Morgan fingerprint density at radius 2 is 2.28 bits per heavy atom. The van der Waals surface area contributed by atoms with Crippen molar-refractivity contribution in [2.75, 3.05) is 6.54 Å². The van der Waals surface area contributed by atoms with E-state index < -0.39 is 5.97 Å². The topological polar surface area (TPSA) is 53.7 Å². The summed E-state index contributed by atoms with van der Waals surface area (Å²) in [6, 6.07) is 2.18. The summed E-state index contributed by atoms with van der Waals surface area (Å²) in [7, 11) is 0. The lowest BCUT2D eigenvalue weighted by atomic mass is 9.92. The number of piperidine rings is 1. The second kappa shape index (κ2) is 5.14. The summed E-state index contributed by atoms with van der Waals surface area (Å²) in [6.45, 7) is 7.98. The molecule has 0 amide bonds. The van der Waals surface area contributed by atoms with E-state index in [4.69, 9.17) is 9.52 Å². The molecule has 0 bridgehead atoms. The van der Waals surface area contributed by atoms with E-state index in [1.165, 1.54) is 12.8 Å². The van der Waals surface area contributed by atoms with Gasteiger partial charge in [0.1, 0.15) is 17.1 Å². The molecule has 4 nitrogen and oxygen atoms in total. The molecular formula is C14H21NO3. The number of furan rings is 1. The summed E-state index contributed by atoms with van der Waals surface area (Å²) in [4.78, 5) is 13.3. The molecule has 0 radical (unpaired) electrons. The Balaban J connectivity index is 2.09. The molecule has 0 spiro atoms.